The maximum absolute atomic E-state index is 12.7. The Bertz CT molecular complexity index is 897. The number of thioether (sulfide) groups is 1. The van der Waals surface area contributed by atoms with Crippen LogP contribution in [0.5, 0.6) is 0 Å². The van der Waals surface area contributed by atoms with Crippen molar-refractivity contribution < 1.29 is 4.79 Å². The summed E-state index contributed by atoms with van der Waals surface area (Å²) in [5.41, 5.74) is 4.66. The minimum Gasteiger partial charge on any atom is -0.312 e. The fourth-order valence-corrected chi connectivity index (χ4v) is 4.15. The van der Waals surface area contributed by atoms with Crippen molar-refractivity contribution in [1.29, 1.82) is 0 Å². The van der Waals surface area contributed by atoms with Gasteiger partial charge in [-0.3, -0.25) is 9.78 Å². The first-order valence-corrected chi connectivity index (χ1v) is 9.81. The Morgan fingerprint density at radius 1 is 1.00 bits per heavy atom. The third-order valence-electron chi connectivity index (χ3n) is 4.62. The number of carbonyl (C=O) groups is 1. The van der Waals surface area contributed by atoms with Crippen molar-refractivity contribution in [3.05, 3.63) is 78.6 Å². The zero-order valence-corrected chi connectivity index (χ0v) is 15.3. The number of benzene rings is 2. The summed E-state index contributed by atoms with van der Waals surface area (Å²) in [7, 11) is 0. The van der Waals surface area contributed by atoms with E-state index in [1.54, 1.807) is 11.8 Å². The summed E-state index contributed by atoms with van der Waals surface area (Å²) in [5, 5.41) is 0. The van der Waals surface area contributed by atoms with Crippen molar-refractivity contribution in [1.82, 2.24) is 4.98 Å². The molecule has 26 heavy (non-hydrogen) atoms. The van der Waals surface area contributed by atoms with Gasteiger partial charge < -0.3 is 4.90 Å². The summed E-state index contributed by atoms with van der Waals surface area (Å²) < 4.78 is 0. The molecule has 0 bridgehead atoms. The van der Waals surface area contributed by atoms with Crippen LogP contribution in [0.15, 0.2) is 78.0 Å². The monoisotopic (exact) mass is 360 g/mol. The number of hydrogen-bond donors (Lipinski definition) is 0. The summed E-state index contributed by atoms with van der Waals surface area (Å²) in [6.45, 7) is 0.782. The molecule has 1 amide bonds. The van der Waals surface area contributed by atoms with Gasteiger partial charge >= 0.3 is 0 Å². The second kappa shape index (κ2) is 7.75. The lowest BCUT2D eigenvalue weighted by Crippen LogP contribution is -2.29. The Balaban J connectivity index is 1.42. The lowest BCUT2D eigenvalue weighted by atomic mass is 10.0. The molecule has 0 aliphatic carbocycles. The van der Waals surface area contributed by atoms with Gasteiger partial charge in [-0.1, -0.05) is 24.3 Å². The summed E-state index contributed by atoms with van der Waals surface area (Å²) >= 11 is 1.74. The molecule has 4 heteroatoms. The van der Waals surface area contributed by atoms with E-state index >= 15 is 0 Å². The third kappa shape index (κ3) is 3.65. The highest BCUT2D eigenvalue weighted by Crippen LogP contribution is 2.33. The molecule has 0 spiro atoms. The second-order valence-corrected chi connectivity index (χ2v) is 7.45. The highest BCUT2D eigenvalue weighted by atomic mass is 32.2. The van der Waals surface area contributed by atoms with Crippen LogP contribution in [-0.4, -0.2) is 23.2 Å². The minimum absolute atomic E-state index is 0.212. The van der Waals surface area contributed by atoms with Gasteiger partial charge in [0.2, 0.25) is 5.91 Å². The average Bonchev–Trinajstić information content (AvgIpc) is 3.13. The largest absolute Gasteiger partial charge is 0.312 e. The maximum atomic E-state index is 12.7. The smallest absolute Gasteiger partial charge is 0.227 e. The van der Waals surface area contributed by atoms with Gasteiger partial charge in [0.1, 0.15) is 0 Å². The van der Waals surface area contributed by atoms with Crippen LogP contribution in [-0.2, 0) is 11.2 Å². The van der Waals surface area contributed by atoms with E-state index in [4.69, 9.17) is 0 Å². The third-order valence-corrected chi connectivity index (χ3v) is 5.63. The van der Waals surface area contributed by atoms with Gasteiger partial charge in [-0.15, -0.1) is 11.8 Å². The lowest BCUT2D eigenvalue weighted by molar-refractivity contribution is -0.118. The number of aromatic nitrogens is 1. The molecular weight excluding hydrogens is 340 g/mol. The molecule has 0 unspecified atom stereocenters. The van der Waals surface area contributed by atoms with E-state index < -0.39 is 0 Å². The molecule has 0 radical (unpaired) electrons. The predicted octanol–water partition coefficient (Wildman–Crippen LogP) is 4.82. The molecule has 1 aliphatic rings. The normalized spacial score (nSPS) is 12.8. The fraction of sp³-hybridized carbons (Fsp3) is 0.182. The predicted molar refractivity (Wildman–Crippen MR) is 108 cm³/mol. The number of fused-ring (bicyclic) bond motifs is 1. The number of pyridine rings is 1. The van der Waals surface area contributed by atoms with Crippen molar-refractivity contribution in [2.45, 2.75) is 17.7 Å². The number of anilines is 1. The molecule has 0 N–H and O–H groups in total. The Labute approximate surface area is 158 Å². The summed E-state index contributed by atoms with van der Waals surface area (Å²) in [6, 6.07) is 20.7. The van der Waals surface area contributed by atoms with Gasteiger partial charge in [-0.25, -0.2) is 0 Å². The maximum Gasteiger partial charge on any atom is 0.227 e. The highest BCUT2D eigenvalue weighted by Gasteiger charge is 2.24. The molecule has 1 aliphatic heterocycles. The molecule has 0 atom stereocenters. The first-order valence-electron chi connectivity index (χ1n) is 8.83. The Morgan fingerprint density at radius 3 is 2.62 bits per heavy atom. The van der Waals surface area contributed by atoms with Crippen molar-refractivity contribution in [2.75, 3.05) is 17.2 Å². The quantitative estimate of drug-likeness (QED) is 0.612. The molecule has 2 aromatic carbocycles. The van der Waals surface area contributed by atoms with Crippen LogP contribution in [0.2, 0.25) is 0 Å². The van der Waals surface area contributed by atoms with Crippen molar-refractivity contribution in [3.63, 3.8) is 0 Å². The number of carbonyl (C=O) groups excluding carboxylic acids is 1. The molecule has 0 saturated carbocycles. The first-order chi connectivity index (χ1) is 12.8. The van der Waals surface area contributed by atoms with E-state index in [0.29, 0.717) is 6.42 Å². The Kier molecular flexibility index (Phi) is 5.02. The van der Waals surface area contributed by atoms with Crippen LogP contribution in [0.3, 0.4) is 0 Å². The van der Waals surface area contributed by atoms with Crippen LogP contribution in [0.1, 0.15) is 12.0 Å². The van der Waals surface area contributed by atoms with Crippen LogP contribution >= 0.6 is 11.8 Å². The van der Waals surface area contributed by atoms with Crippen LogP contribution in [0.4, 0.5) is 5.69 Å². The molecule has 0 fully saturated rings. The molecule has 3 aromatic rings. The zero-order valence-electron chi connectivity index (χ0n) is 14.5. The number of rotatable bonds is 5. The number of hydrogen-bond acceptors (Lipinski definition) is 3. The van der Waals surface area contributed by atoms with Gasteiger partial charge in [0, 0.05) is 41.7 Å². The fourth-order valence-electron chi connectivity index (χ4n) is 3.29. The summed E-state index contributed by atoms with van der Waals surface area (Å²) in [4.78, 5) is 19.9. The van der Waals surface area contributed by atoms with E-state index in [-0.39, 0.29) is 5.91 Å². The van der Waals surface area contributed by atoms with E-state index in [0.717, 1.165) is 30.0 Å². The summed E-state index contributed by atoms with van der Waals surface area (Å²) in [6.07, 6.45) is 5.10. The SMILES string of the molecule is O=C(CCSc1ccccc1)N1CCc2cc(-c3ccncc3)ccc21. The Hall–Kier alpha value is -2.59. The van der Waals surface area contributed by atoms with Gasteiger partial charge in [-0.05, 0) is 59.5 Å². The molecule has 4 rings (SSSR count). The molecule has 3 nitrogen and oxygen atoms in total. The number of amides is 1. The van der Waals surface area contributed by atoms with Gasteiger partial charge in [-0.2, -0.15) is 0 Å². The van der Waals surface area contributed by atoms with Crippen LogP contribution in [0.25, 0.3) is 11.1 Å². The van der Waals surface area contributed by atoms with Gasteiger partial charge in [0.25, 0.3) is 0 Å². The highest BCUT2D eigenvalue weighted by molar-refractivity contribution is 7.99. The van der Waals surface area contributed by atoms with Crippen LogP contribution in [0, 0.1) is 0 Å². The summed E-state index contributed by atoms with van der Waals surface area (Å²) in [5.74, 6) is 1.02. The minimum atomic E-state index is 0.212. The lowest BCUT2D eigenvalue weighted by Gasteiger charge is -2.17. The van der Waals surface area contributed by atoms with Crippen molar-refractivity contribution >= 4 is 23.4 Å². The van der Waals surface area contributed by atoms with Crippen LogP contribution < -0.4 is 4.90 Å². The standard InChI is InChI=1S/C22H20N2OS/c25-22(11-15-26-20-4-2-1-3-5-20)24-14-10-19-16-18(6-7-21(19)24)17-8-12-23-13-9-17/h1-9,12-13,16H,10-11,14-15H2. The second-order valence-electron chi connectivity index (χ2n) is 6.29. The van der Waals surface area contributed by atoms with E-state index in [2.05, 4.69) is 35.3 Å². The van der Waals surface area contributed by atoms with Crippen molar-refractivity contribution in [2.24, 2.45) is 0 Å². The van der Waals surface area contributed by atoms with Gasteiger partial charge in [0.15, 0.2) is 0 Å². The molecule has 1 aromatic heterocycles. The molecular formula is C22H20N2OS. The van der Waals surface area contributed by atoms with E-state index in [9.17, 15) is 4.79 Å². The Morgan fingerprint density at radius 2 is 1.81 bits per heavy atom. The van der Waals surface area contributed by atoms with E-state index in [1.165, 1.54) is 16.0 Å². The van der Waals surface area contributed by atoms with E-state index in [1.807, 2.05) is 47.6 Å². The molecule has 130 valence electrons. The molecule has 2 heterocycles. The van der Waals surface area contributed by atoms with Gasteiger partial charge in [0.05, 0.1) is 0 Å². The first kappa shape index (κ1) is 16.9. The molecule has 0 saturated heterocycles. The zero-order chi connectivity index (χ0) is 17.8. The van der Waals surface area contributed by atoms with Crippen molar-refractivity contribution in [3.8, 4) is 11.1 Å². The average molecular weight is 360 g/mol. The number of nitrogens with zero attached hydrogens (tertiary/aromatic N) is 2. The topological polar surface area (TPSA) is 33.2 Å².